The van der Waals surface area contributed by atoms with E-state index in [4.69, 9.17) is 10.00 Å². The molecule has 1 unspecified atom stereocenters. The maximum absolute atomic E-state index is 12.3. The van der Waals surface area contributed by atoms with Gasteiger partial charge in [-0.25, -0.2) is 4.79 Å². The van der Waals surface area contributed by atoms with Crippen molar-refractivity contribution in [3.05, 3.63) is 41.2 Å². The zero-order valence-corrected chi connectivity index (χ0v) is 16.7. The summed E-state index contributed by atoms with van der Waals surface area (Å²) in [6.07, 6.45) is -0.292. The first-order valence-electron chi connectivity index (χ1n) is 9.23. The van der Waals surface area contributed by atoms with E-state index in [0.717, 1.165) is 5.56 Å². The molecule has 1 saturated heterocycles. The fourth-order valence-electron chi connectivity index (χ4n) is 3.16. The van der Waals surface area contributed by atoms with Gasteiger partial charge >= 0.3 is 6.09 Å². The van der Waals surface area contributed by atoms with Gasteiger partial charge in [-0.3, -0.25) is 4.90 Å². The van der Waals surface area contributed by atoms with Gasteiger partial charge in [-0.05, 0) is 43.7 Å². The maximum atomic E-state index is 12.3. The number of hydrogen-bond donors (Lipinski definition) is 0. The van der Waals surface area contributed by atoms with Crippen LogP contribution >= 0.6 is 0 Å². The summed E-state index contributed by atoms with van der Waals surface area (Å²) in [5.41, 5.74) is 1.07. The molecule has 1 aliphatic rings. The van der Waals surface area contributed by atoms with Crippen LogP contribution in [0.15, 0.2) is 24.3 Å². The molecule has 148 valence electrons. The van der Waals surface area contributed by atoms with Crippen LogP contribution in [0.1, 0.15) is 43.8 Å². The summed E-state index contributed by atoms with van der Waals surface area (Å²) in [6, 6.07) is 9.35. The van der Waals surface area contributed by atoms with E-state index in [1.54, 1.807) is 24.1 Å². The summed E-state index contributed by atoms with van der Waals surface area (Å²) >= 11 is 0. The molecule has 0 N–H and O–H groups in total. The Balaban J connectivity index is 1.77. The molecule has 9 nitrogen and oxygen atoms in total. The molecule has 9 heteroatoms. The Morgan fingerprint density at radius 1 is 1.18 bits per heavy atom. The number of tetrazole rings is 1. The van der Waals surface area contributed by atoms with Gasteiger partial charge in [0.25, 0.3) is 0 Å². The van der Waals surface area contributed by atoms with Crippen LogP contribution in [0.2, 0.25) is 0 Å². The first-order valence-corrected chi connectivity index (χ1v) is 9.23. The highest BCUT2D eigenvalue weighted by Crippen LogP contribution is 2.27. The Labute approximate surface area is 164 Å². The minimum atomic E-state index is -0.511. The summed E-state index contributed by atoms with van der Waals surface area (Å²) < 4.78 is 5.47. The zero-order chi connectivity index (χ0) is 20.3. The lowest BCUT2D eigenvalue weighted by Gasteiger charge is -2.38. The highest BCUT2D eigenvalue weighted by molar-refractivity contribution is 5.68. The van der Waals surface area contributed by atoms with Crippen LogP contribution in [0, 0.1) is 11.3 Å². The average molecular weight is 383 g/mol. The molecule has 1 aliphatic heterocycles. The van der Waals surface area contributed by atoms with E-state index < -0.39 is 5.60 Å². The van der Waals surface area contributed by atoms with Gasteiger partial charge in [-0.2, -0.15) is 10.1 Å². The number of ether oxygens (including phenoxy) is 1. The molecule has 2 aromatic rings. The number of piperazine rings is 1. The Kier molecular flexibility index (Phi) is 5.61. The van der Waals surface area contributed by atoms with Gasteiger partial charge in [0.05, 0.1) is 24.7 Å². The Hall–Kier alpha value is -2.99. The normalized spacial score (nSPS) is 16.5. The van der Waals surface area contributed by atoms with Crippen LogP contribution < -0.4 is 0 Å². The number of nitriles is 1. The van der Waals surface area contributed by atoms with Gasteiger partial charge in [0.1, 0.15) is 5.60 Å². The standard InChI is InChI=1S/C19H25N7O2/c1-19(2,3)28-18(27)26-11-9-25(10-12-26)16(17-21-23-24(4)22-17)15-7-5-14(13-20)6-8-15/h5-8,16H,9-12H2,1-4H3. The van der Waals surface area contributed by atoms with Crippen molar-refractivity contribution in [3.63, 3.8) is 0 Å². The number of nitrogens with zero attached hydrogens (tertiary/aromatic N) is 7. The predicted octanol–water partition coefficient (Wildman–Crippen LogP) is 1.72. The first-order chi connectivity index (χ1) is 13.3. The second-order valence-corrected chi connectivity index (χ2v) is 7.78. The fourth-order valence-corrected chi connectivity index (χ4v) is 3.16. The SMILES string of the molecule is Cn1nnc(C(c2ccc(C#N)cc2)N2CCN(C(=O)OC(C)(C)C)CC2)n1. The maximum Gasteiger partial charge on any atom is 0.410 e. The van der Waals surface area contributed by atoms with Gasteiger partial charge < -0.3 is 9.64 Å². The van der Waals surface area contributed by atoms with Crippen molar-refractivity contribution in [1.29, 1.82) is 5.26 Å². The monoisotopic (exact) mass is 383 g/mol. The number of benzene rings is 1. The van der Waals surface area contributed by atoms with E-state index in [-0.39, 0.29) is 12.1 Å². The number of rotatable bonds is 3. The van der Waals surface area contributed by atoms with E-state index in [2.05, 4.69) is 26.4 Å². The van der Waals surface area contributed by atoms with Crippen LogP contribution in [0.3, 0.4) is 0 Å². The Morgan fingerprint density at radius 2 is 1.82 bits per heavy atom. The van der Waals surface area contributed by atoms with Crippen LogP contribution in [-0.4, -0.2) is 67.9 Å². The van der Waals surface area contributed by atoms with E-state index in [1.807, 2.05) is 32.9 Å². The van der Waals surface area contributed by atoms with E-state index in [9.17, 15) is 4.79 Å². The average Bonchev–Trinajstić information content (AvgIpc) is 3.07. The molecule has 0 radical (unpaired) electrons. The molecule has 0 bridgehead atoms. The van der Waals surface area contributed by atoms with Crippen LogP contribution in [0.5, 0.6) is 0 Å². The van der Waals surface area contributed by atoms with Gasteiger partial charge in [0.2, 0.25) is 0 Å². The van der Waals surface area contributed by atoms with Crippen molar-refractivity contribution >= 4 is 6.09 Å². The molecule has 1 fully saturated rings. The molecule has 1 aromatic carbocycles. The predicted molar refractivity (Wildman–Crippen MR) is 101 cm³/mol. The summed E-state index contributed by atoms with van der Waals surface area (Å²) in [5.74, 6) is 0.595. The molecule has 0 saturated carbocycles. The minimum Gasteiger partial charge on any atom is -0.444 e. The number of aromatic nitrogens is 4. The quantitative estimate of drug-likeness (QED) is 0.795. The topological polar surface area (TPSA) is 100 Å². The summed E-state index contributed by atoms with van der Waals surface area (Å²) in [5, 5.41) is 21.6. The van der Waals surface area contributed by atoms with Crippen molar-refractivity contribution in [1.82, 2.24) is 30.0 Å². The zero-order valence-electron chi connectivity index (χ0n) is 16.7. The van der Waals surface area contributed by atoms with E-state index in [1.165, 1.54) is 4.80 Å². The van der Waals surface area contributed by atoms with Gasteiger partial charge in [-0.15, -0.1) is 10.2 Å². The lowest BCUT2D eigenvalue weighted by Crippen LogP contribution is -2.51. The molecule has 1 aromatic heterocycles. The largest absolute Gasteiger partial charge is 0.444 e. The Bertz CT molecular complexity index is 856. The number of carbonyl (C=O) groups is 1. The van der Waals surface area contributed by atoms with E-state index in [0.29, 0.717) is 37.6 Å². The third kappa shape index (κ3) is 4.64. The molecule has 1 atom stereocenters. The highest BCUT2D eigenvalue weighted by Gasteiger charge is 2.32. The second-order valence-electron chi connectivity index (χ2n) is 7.78. The Morgan fingerprint density at radius 3 is 2.32 bits per heavy atom. The molecule has 0 spiro atoms. The molecular formula is C19H25N7O2. The highest BCUT2D eigenvalue weighted by atomic mass is 16.6. The van der Waals surface area contributed by atoms with Crippen LogP contribution in [-0.2, 0) is 11.8 Å². The minimum absolute atomic E-state index is 0.192. The molecule has 28 heavy (non-hydrogen) atoms. The third-order valence-corrected chi connectivity index (χ3v) is 4.45. The van der Waals surface area contributed by atoms with Crippen LogP contribution in [0.25, 0.3) is 0 Å². The van der Waals surface area contributed by atoms with Crippen molar-refractivity contribution in [3.8, 4) is 6.07 Å². The molecule has 3 rings (SSSR count). The van der Waals surface area contributed by atoms with Crippen molar-refractivity contribution in [2.24, 2.45) is 7.05 Å². The number of amides is 1. The van der Waals surface area contributed by atoms with E-state index >= 15 is 0 Å². The number of carbonyl (C=O) groups excluding carboxylic acids is 1. The number of aryl methyl sites for hydroxylation is 1. The summed E-state index contributed by atoms with van der Waals surface area (Å²) in [7, 11) is 1.73. The molecule has 0 aliphatic carbocycles. The van der Waals surface area contributed by atoms with Gasteiger partial charge in [-0.1, -0.05) is 12.1 Å². The van der Waals surface area contributed by atoms with Crippen molar-refractivity contribution < 1.29 is 9.53 Å². The lowest BCUT2D eigenvalue weighted by molar-refractivity contribution is 0.0116. The summed E-state index contributed by atoms with van der Waals surface area (Å²) in [4.78, 5) is 17.7. The first kappa shape index (κ1) is 19.8. The fraction of sp³-hybridized carbons (Fsp3) is 0.526. The van der Waals surface area contributed by atoms with Gasteiger partial charge in [0, 0.05) is 26.2 Å². The summed E-state index contributed by atoms with van der Waals surface area (Å²) in [6.45, 7) is 8.01. The third-order valence-electron chi connectivity index (χ3n) is 4.45. The molecular weight excluding hydrogens is 358 g/mol. The molecule has 1 amide bonds. The number of hydrogen-bond acceptors (Lipinski definition) is 7. The van der Waals surface area contributed by atoms with Gasteiger partial charge in [0.15, 0.2) is 5.82 Å². The van der Waals surface area contributed by atoms with Crippen LogP contribution in [0.4, 0.5) is 4.79 Å². The van der Waals surface area contributed by atoms with Crippen molar-refractivity contribution in [2.75, 3.05) is 26.2 Å². The van der Waals surface area contributed by atoms with Crippen molar-refractivity contribution in [2.45, 2.75) is 32.4 Å². The second kappa shape index (κ2) is 7.94. The lowest BCUT2D eigenvalue weighted by atomic mass is 10.0. The smallest absolute Gasteiger partial charge is 0.410 e. The molecule has 2 heterocycles.